The highest BCUT2D eigenvalue weighted by molar-refractivity contribution is 5.82. The highest BCUT2D eigenvalue weighted by Crippen LogP contribution is 2.29. The number of likely N-dealkylation sites (tertiary alicyclic amines) is 1. The summed E-state index contributed by atoms with van der Waals surface area (Å²) in [7, 11) is 1.36. The topological polar surface area (TPSA) is 60.4 Å². The largest absolute Gasteiger partial charge is 0.493 e. The molecule has 1 amide bonds. The molecular weight excluding hydrogens is 418 g/mol. The first kappa shape index (κ1) is 23.5. The van der Waals surface area contributed by atoms with Gasteiger partial charge in [0.15, 0.2) is 11.5 Å². The minimum absolute atomic E-state index is 0.0696. The number of alkyl halides is 2. The molecule has 0 bridgehead atoms. The van der Waals surface area contributed by atoms with Crippen LogP contribution in [0.5, 0.6) is 11.5 Å². The summed E-state index contributed by atoms with van der Waals surface area (Å²) in [4.78, 5) is 19.8. The number of amides is 1. The van der Waals surface area contributed by atoms with Gasteiger partial charge < -0.3 is 19.2 Å². The first-order valence-corrected chi connectivity index (χ1v) is 10.6. The van der Waals surface area contributed by atoms with Crippen molar-refractivity contribution in [3.05, 3.63) is 59.7 Å². The van der Waals surface area contributed by atoms with Gasteiger partial charge in [0.2, 0.25) is 6.10 Å². The number of halogens is 2. The Morgan fingerprint density at radius 3 is 2.53 bits per heavy atom. The first-order chi connectivity index (χ1) is 15.5. The van der Waals surface area contributed by atoms with Crippen LogP contribution in [0.3, 0.4) is 0 Å². The quantitative estimate of drug-likeness (QED) is 0.420. The SMILES string of the molecule is COc1cc(/C=N/OC(C)C(=O)N2CCC(Cc3ccccc3)CC2)ccc1OC(F)F. The Hall–Kier alpha value is -3.16. The fourth-order valence-corrected chi connectivity index (χ4v) is 3.75. The van der Waals surface area contributed by atoms with Crippen molar-refractivity contribution in [2.45, 2.75) is 38.9 Å². The molecule has 2 aromatic rings. The van der Waals surface area contributed by atoms with E-state index >= 15 is 0 Å². The summed E-state index contributed by atoms with van der Waals surface area (Å²) in [6.07, 6.45) is 3.63. The number of oxime groups is 1. The Morgan fingerprint density at radius 2 is 1.88 bits per heavy atom. The van der Waals surface area contributed by atoms with E-state index in [9.17, 15) is 13.6 Å². The molecule has 1 unspecified atom stereocenters. The zero-order chi connectivity index (χ0) is 22.9. The zero-order valence-corrected chi connectivity index (χ0v) is 18.2. The summed E-state index contributed by atoms with van der Waals surface area (Å²) in [5.41, 5.74) is 1.89. The predicted molar refractivity (Wildman–Crippen MR) is 117 cm³/mol. The van der Waals surface area contributed by atoms with E-state index in [4.69, 9.17) is 9.57 Å². The number of rotatable bonds is 9. The van der Waals surface area contributed by atoms with Crippen LogP contribution in [0.1, 0.15) is 30.9 Å². The number of carbonyl (C=O) groups is 1. The van der Waals surface area contributed by atoms with Crippen LogP contribution in [-0.4, -0.2) is 49.9 Å². The van der Waals surface area contributed by atoms with Crippen molar-refractivity contribution in [2.24, 2.45) is 11.1 Å². The normalized spacial score (nSPS) is 15.7. The van der Waals surface area contributed by atoms with Gasteiger partial charge in [0.05, 0.1) is 13.3 Å². The van der Waals surface area contributed by atoms with Gasteiger partial charge in [-0.25, -0.2) is 0 Å². The average molecular weight is 446 g/mol. The van der Waals surface area contributed by atoms with E-state index in [-0.39, 0.29) is 17.4 Å². The Balaban J connectivity index is 1.47. The summed E-state index contributed by atoms with van der Waals surface area (Å²) in [5, 5.41) is 3.88. The van der Waals surface area contributed by atoms with Crippen molar-refractivity contribution < 1.29 is 27.9 Å². The molecule has 1 aliphatic rings. The second kappa shape index (κ2) is 11.5. The highest BCUT2D eigenvalue weighted by Gasteiger charge is 2.27. The van der Waals surface area contributed by atoms with E-state index in [1.165, 1.54) is 37.1 Å². The smallest absolute Gasteiger partial charge is 0.387 e. The number of hydrogen-bond donors (Lipinski definition) is 0. The lowest BCUT2D eigenvalue weighted by molar-refractivity contribution is -0.144. The molecule has 8 heteroatoms. The van der Waals surface area contributed by atoms with Crippen molar-refractivity contribution in [3.8, 4) is 11.5 Å². The summed E-state index contributed by atoms with van der Waals surface area (Å²) in [6, 6.07) is 14.8. The Labute approximate surface area is 186 Å². The lowest BCUT2D eigenvalue weighted by atomic mass is 9.90. The van der Waals surface area contributed by atoms with Gasteiger partial charge in [-0.2, -0.15) is 8.78 Å². The van der Waals surface area contributed by atoms with E-state index in [0.29, 0.717) is 24.6 Å². The highest BCUT2D eigenvalue weighted by atomic mass is 19.3. The van der Waals surface area contributed by atoms with E-state index in [1.807, 2.05) is 11.0 Å². The van der Waals surface area contributed by atoms with E-state index in [1.54, 1.807) is 6.92 Å². The molecule has 0 spiro atoms. The zero-order valence-electron chi connectivity index (χ0n) is 18.2. The van der Waals surface area contributed by atoms with Crippen molar-refractivity contribution in [1.82, 2.24) is 4.90 Å². The van der Waals surface area contributed by atoms with Crippen LogP contribution in [0, 0.1) is 5.92 Å². The molecule has 6 nitrogen and oxygen atoms in total. The van der Waals surface area contributed by atoms with Gasteiger partial charge in [-0.05, 0) is 55.9 Å². The van der Waals surface area contributed by atoms with Crippen molar-refractivity contribution >= 4 is 12.1 Å². The summed E-state index contributed by atoms with van der Waals surface area (Å²) in [5.74, 6) is 0.554. The molecule has 172 valence electrons. The lowest BCUT2D eigenvalue weighted by Crippen LogP contribution is -2.43. The lowest BCUT2D eigenvalue weighted by Gasteiger charge is -2.33. The van der Waals surface area contributed by atoms with Crippen molar-refractivity contribution in [1.29, 1.82) is 0 Å². The van der Waals surface area contributed by atoms with Crippen LogP contribution in [0.4, 0.5) is 8.78 Å². The fraction of sp³-hybridized carbons (Fsp3) is 0.417. The van der Waals surface area contributed by atoms with E-state index < -0.39 is 12.7 Å². The average Bonchev–Trinajstić information content (AvgIpc) is 2.80. The number of methoxy groups -OCH3 is 1. The first-order valence-electron chi connectivity index (χ1n) is 10.6. The number of ether oxygens (including phenoxy) is 2. The monoisotopic (exact) mass is 446 g/mol. The second-order valence-electron chi connectivity index (χ2n) is 7.73. The molecule has 0 radical (unpaired) electrons. The van der Waals surface area contributed by atoms with Gasteiger partial charge in [0.25, 0.3) is 5.91 Å². The van der Waals surface area contributed by atoms with E-state index in [2.05, 4.69) is 34.2 Å². The molecule has 0 aliphatic carbocycles. The minimum Gasteiger partial charge on any atom is -0.493 e. The molecule has 3 rings (SSSR count). The fourth-order valence-electron chi connectivity index (χ4n) is 3.75. The van der Waals surface area contributed by atoms with Gasteiger partial charge in [-0.3, -0.25) is 4.79 Å². The van der Waals surface area contributed by atoms with Crippen LogP contribution in [0.25, 0.3) is 0 Å². The van der Waals surface area contributed by atoms with Crippen LogP contribution >= 0.6 is 0 Å². The third-order valence-electron chi connectivity index (χ3n) is 5.47. The molecule has 0 N–H and O–H groups in total. The van der Waals surface area contributed by atoms with Crippen LogP contribution in [0.15, 0.2) is 53.7 Å². The predicted octanol–water partition coefficient (Wildman–Crippen LogP) is 4.52. The summed E-state index contributed by atoms with van der Waals surface area (Å²) < 4.78 is 34.3. The van der Waals surface area contributed by atoms with Crippen molar-refractivity contribution in [2.75, 3.05) is 20.2 Å². The standard InChI is InChI=1S/C24H28F2N2O4/c1-17(32-27-16-20-8-9-21(31-24(25)26)22(15-20)30-2)23(29)28-12-10-19(11-13-28)14-18-6-4-3-5-7-18/h3-9,15-17,19,24H,10-14H2,1-2H3/b27-16+. The van der Waals surface area contributed by atoms with Crippen molar-refractivity contribution in [3.63, 3.8) is 0 Å². The van der Waals surface area contributed by atoms with Gasteiger partial charge in [-0.1, -0.05) is 35.5 Å². The summed E-state index contributed by atoms with van der Waals surface area (Å²) in [6.45, 7) is 0.130. The molecule has 1 aliphatic heterocycles. The molecule has 32 heavy (non-hydrogen) atoms. The molecule has 2 aromatic carbocycles. The molecule has 1 atom stereocenters. The number of nitrogens with zero attached hydrogens (tertiary/aromatic N) is 2. The molecule has 0 aromatic heterocycles. The molecule has 1 saturated heterocycles. The van der Waals surface area contributed by atoms with Gasteiger partial charge >= 0.3 is 6.61 Å². The van der Waals surface area contributed by atoms with E-state index in [0.717, 1.165) is 19.3 Å². The Kier molecular flexibility index (Phi) is 8.41. The van der Waals surface area contributed by atoms with Crippen LogP contribution in [-0.2, 0) is 16.1 Å². The maximum absolute atomic E-state index is 12.7. The molecular formula is C24H28F2N2O4. The number of benzene rings is 2. The molecule has 1 fully saturated rings. The molecule has 0 saturated carbocycles. The number of carbonyl (C=O) groups excluding carboxylic acids is 1. The minimum atomic E-state index is -2.94. The summed E-state index contributed by atoms with van der Waals surface area (Å²) >= 11 is 0. The van der Waals surface area contributed by atoms with Gasteiger partial charge in [-0.15, -0.1) is 0 Å². The number of hydrogen-bond acceptors (Lipinski definition) is 5. The Bertz CT molecular complexity index is 900. The van der Waals surface area contributed by atoms with Gasteiger partial charge in [0.1, 0.15) is 0 Å². The second-order valence-corrected chi connectivity index (χ2v) is 7.73. The molecule has 1 heterocycles. The van der Waals surface area contributed by atoms with Gasteiger partial charge in [0, 0.05) is 18.7 Å². The number of piperidine rings is 1. The third kappa shape index (κ3) is 6.67. The Morgan fingerprint density at radius 1 is 1.16 bits per heavy atom. The van der Waals surface area contributed by atoms with Crippen LogP contribution in [0.2, 0.25) is 0 Å². The maximum atomic E-state index is 12.7. The van der Waals surface area contributed by atoms with Crippen LogP contribution < -0.4 is 9.47 Å². The third-order valence-corrected chi connectivity index (χ3v) is 5.47. The maximum Gasteiger partial charge on any atom is 0.387 e.